The molecule has 1 aliphatic carbocycles. The lowest BCUT2D eigenvalue weighted by atomic mass is 9.91. The third kappa shape index (κ3) is 12.2. The lowest BCUT2D eigenvalue weighted by molar-refractivity contribution is -0.132. The number of rotatable bonds is 10. The van der Waals surface area contributed by atoms with E-state index in [1.165, 1.54) is 37.7 Å². The molecule has 8 nitrogen and oxygen atoms in total. The van der Waals surface area contributed by atoms with Gasteiger partial charge in [-0.3, -0.25) is 19.4 Å². The number of thioether (sulfide) groups is 2. The van der Waals surface area contributed by atoms with Gasteiger partial charge in [-0.2, -0.15) is 11.8 Å². The van der Waals surface area contributed by atoms with E-state index in [2.05, 4.69) is 39.8 Å². The normalized spacial score (nSPS) is 22.4. The smallest absolute Gasteiger partial charge is 0.412 e. The van der Waals surface area contributed by atoms with E-state index in [1.807, 2.05) is 54.5 Å². The molecule has 0 unspecified atom stereocenters. The van der Waals surface area contributed by atoms with Gasteiger partial charge in [-0.05, 0) is 91.4 Å². The van der Waals surface area contributed by atoms with Crippen molar-refractivity contribution in [1.82, 2.24) is 20.4 Å². The molecule has 2 saturated heterocycles. The van der Waals surface area contributed by atoms with E-state index < -0.39 is 33.4 Å². The fourth-order valence-corrected chi connectivity index (χ4v) is 10.1. The van der Waals surface area contributed by atoms with E-state index in [9.17, 15) is 14.4 Å². The zero-order valence-corrected chi connectivity index (χ0v) is 32.6. The number of halogens is 2. The number of nitrogens with zero attached hydrogens (tertiary/aromatic N) is 2. The molecule has 2 N–H and O–H groups in total. The molecule has 3 aliphatic rings. The van der Waals surface area contributed by atoms with Crippen molar-refractivity contribution in [1.29, 1.82) is 0 Å². The Morgan fingerprint density at radius 2 is 1.60 bits per heavy atom. The van der Waals surface area contributed by atoms with Gasteiger partial charge in [0.25, 0.3) is 0 Å². The van der Waals surface area contributed by atoms with Gasteiger partial charge in [0.05, 0.1) is 4.87 Å². The summed E-state index contributed by atoms with van der Waals surface area (Å²) >= 11 is 3.34. The number of carbonyl (C=O) groups is 3. The summed E-state index contributed by atoms with van der Waals surface area (Å²) < 4.78 is 5.19. The molecule has 12 heteroatoms. The van der Waals surface area contributed by atoms with Gasteiger partial charge >= 0.3 is 6.09 Å². The Bertz CT molecular complexity index is 1150. The molecule has 3 amide bonds. The van der Waals surface area contributed by atoms with Crippen molar-refractivity contribution in [2.75, 3.05) is 24.6 Å². The number of hydrogen-bond donors (Lipinski definition) is 2. The maximum Gasteiger partial charge on any atom is 0.412 e. The Labute approximate surface area is 304 Å². The Hall–Kier alpha value is -1.33. The molecule has 0 aromatic heterocycles. The van der Waals surface area contributed by atoms with Crippen LogP contribution < -0.4 is 10.6 Å². The molecule has 268 valence electrons. The van der Waals surface area contributed by atoms with Gasteiger partial charge in [0.1, 0.15) is 17.7 Å². The molecule has 2 heterocycles. The SMILES string of the molecule is CC(C)(C)OC(=O)N1[C@H](C(=O)N[C@@H](CSCC2CCCCC2)C(=O)NC2CCN(Cc3ccccc3)CC2)C(C)(C)SC1(C)C.Cl.Cl. The van der Waals surface area contributed by atoms with E-state index in [-0.39, 0.29) is 42.7 Å². The topological polar surface area (TPSA) is 91.0 Å². The fourth-order valence-electron chi connectivity index (χ4n) is 6.96. The molecule has 2 atom stereocenters. The molecule has 0 bridgehead atoms. The standard InChI is InChI=1S/C35H56N4O4S2.2ClH/c1-33(2,3)43-32(42)39-29(34(4,5)45-35(39,6)7)31(41)37-28(24-44-23-26-16-12-9-13-17-26)30(40)36-27-18-20-38(21-19-27)22-25-14-10-8-11-15-25;;/h8,10-11,14-15,26-29H,9,12-13,16-24H2,1-7H3,(H,36,40)(H,37,41);2*1H/t28-,29+;;/m0../s1. The number of piperidine rings is 1. The van der Waals surface area contributed by atoms with Gasteiger partial charge < -0.3 is 15.4 Å². The lowest BCUT2D eigenvalue weighted by Crippen LogP contribution is -2.61. The third-order valence-electron chi connectivity index (χ3n) is 9.03. The summed E-state index contributed by atoms with van der Waals surface area (Å²) in [5.41, 5.74) is 0.606. The van der Waals surface area contributed by atoms with Gasteiger partial charge in [-0.1, -0.05) is 49.6 Å². The summed E-state index contributed by atoms with van der Waals surface area (Å²) in [7, 11) is 0. The zero-order chi connectivity index (χ0) is 32.8. The summed E-state index contributed by atoms with van der Waals surface area (Å²) in [4.78, 5) is 44.8. The highest BCUT2D eigenvalue weighted by molar-refractivity contribution is 8.02. The summed E-state index contributed by atoms with van der Waals surface area (Å²) in [6.07, 6.45) is 7.59. The molecule has 1 saturated carbocycles. The van der Waals surface area contributed by atoms with Crippen molar-refractivity contribution >= 4 is 66.2 Å². The lowest BCUT2D eigenvalue weighted by Gasteiger charge is -2.37. The van der Waals surface area contributed by atoms with Gasteiger partial charge in [-0.15, -0.1) is 36.6 Å². The molecule has 3 fully saturated rings. The van der Waals surface area contributed by atoms with Gasteiger partial charge in [0.2, 0.25) is 11.8 Å². The van der Waals surface area contributed by atoms with Crippen LogP contribution >= 0.6 is 48.3 Å². The van der Waals surface area contributed by atoms with Crippen LogP contribution in [-0.2, 0) is 20.9 Å². The van der Waals surface area contributed by atoms with Crippen molar-refractivity contribution in [2.24, 2.45) is 5.92 Å². The molecule has 1 aromatic carbocycles. The number of amides is 3. The highest BCUT2D eigenvalue weighted by atomic mass is 35.5. The fraction of sp³-hybridized carbons (Fsp3) is 0.743. The minimum absolute atomic E-state index is 0. The second kappa shape index (κ2) is 18.1. The van der Waals surface area contributed by atoms with Crippen LogP contribution in [0.4, 0.5) is 4.79 Å². The highest BCUT2D eigenvalue weighted by Crippen LogP contribution is 2.51. The van der Waals surface area contributed by atoms with Crippen molar-refractivity contribution < 1.29 is 19.1 Å². The van der Waals surface area contributed by atoms with Crippen molar-refractivity contribution in [3.05, 3.63) is 35.9 Å². The highest BCUT2D eigenvalue weighted by Gasteiger charge is 2.58. The molecule has 0 spiro atoms. The summed E-state index contributed by atoms with van der Waals surface area (Å²) in [5.74, 6) is 1.74. The Balaban J connectivity index is 0.00000384. The van der Waals surface area contributed by atoms with E-state index in [1.54, 1.807) is 28.4 Å². The minimum Gasteiger partial charge on any atom is -0.444 e. The van der Waals surface area contributed by atoms with Crippen LogP contribution in [0.3, 0.4) is 0 Å². The third-order valence-corrected chi connectivity index (χ3v) is 11.7. The monoisotopic (exact) mass is 732 g/mol. The predicted octanol–water partition coefficient (Wildman–Crippen LogP) is 7.28. The molecule has 1 aromatic rings. The second-order valence-electron chi connectivity index (χ2n) is 15.1. The van der Waals surface area contributed by atoms with Crippen LogP contribution in [0.1, 0.15) is 99.0 Å². The van der Waals surface area contributed by atoms with Crippen LogP contribution in [0.5, 0.6) is 0 Å². The Morgan fingerprint density at radius 3 is 2.19 bits per heavy atom. The van der Waals surface area contributed by atoms with Crippen molar-refractivity contribution in [3.8, 4) is 0 Å². The van der Waals surface area contributed by atoms with Crippen LogP contribution in [0.15, 0.2) is 30.3 Å². The largest absolute Gasteiger partial charge is 0.444 e. The van der Waals surface area contributed by atoms with Crippen LogP contribution in [0.25, 0.3) is 0 Å². The molecule has 0 radical (unpaired) electrons. The first-order valence-electron chi connectivity index (χ1n) is 16.8. The molecular formula is C35H58Cl2N4O4S2. The first-order valence-corrected chi connectivity index (χ1v) is 18.8. The Kier molecular flexibility index (Phi) is 16.1. The summed E-state index contributed by atoms with van der Waals surface area (Å²) in [6, 6.07) is 9.09. The molecule has 47 heavy (non-hydrogen) atoms. The van der Waals surface area contributed by atoms with Gasteiger partial charge in [0, 0.05) is 36.2 Å². The Morgan fingerprint density at radius 1 is 0.979 bits per heavy atom. The van der Waals surface area contributed by atoms with Crippen LogP contribution in [0, 0.1) is 5.92 Å². The first kappa shape index (κ1) is 41.8. The maximum atomic E-state index is 14.1. The average Bonchev–Trinajstić information content (AvgIpc) is 3.16. The summed E-state index contributed by atoms with van der Waals surface area (Å²) in [5, 5.41) is 6.41. The summed E-state index contributed by atoms with van der Waals surface area (Å²) in [6.45, 7) is 16.1. The quantitative estimate of drug-likeness (QED) is 0.262. The van der Waals surface area contributed by atoms with Gasteiger partial charge in [0.15, 0.2) is 0 Å². The number of benzene rings is 1. The van der Waals surface area contributed by atoms with E-state index in [0.29, 0.717) is 11.7 Å². The zero-order valence-electron chi connectivity index (χ0n) is 29.3. The number of carbonyl (C=O) groups excluding carboxylic acids is 3. The molecule has 2 aliphatic heterocycles. The van der Waals surface area contributed by atoms with E-state index >= 15 is 0 Å². The number of hydrogen-bond acceptors (Lipinski definition) is 7. The first-order chi connectivity index (χ1) is 21.1. The number of likely N-dealkylation sites (tertiary alicyclic amines) is 1. The molecule has 4 rings (SSSR count). The average molecular weight is 734 g/mol. The van der Waals surface area contributed by atoms with Crippen molar-refractivity contribution in [2.45, 2.75) is 133 Å². The van der Waals surface area contributed by atoms with E-state index in [0.717, 1.165) is 38.2 Å². The number of nitrogens with one attached hydrogen (secondary N) is 2. The van der Waals surface area contributed by atoms with Crippen molar-refractivity contribution in [3.63, 3.8) is 0 Å². The van der Waals surface area contributed by atoms with E-state index in [4.69, 9.17) is 4.74 Å². The van der Waals surface area contributed by atoms with Gasteiger partial charge in [-0.25, -0.2) is 4.79 Å². The van der Waals surface area contributed by atoms with Crippen LogP contribution in [-0.4, -0.2) is 85.6 Å². The number of ether oxygens (including phenoxy) is 1. The maximum absolute atomic E-state index is 14.1. The minimum atomic E-state index is -0.785. The van der Waals surface area contributed by atoms with Crippen LogP contribution in [0.2, 0.25) is 0 Å². The predicted molar refractivity (Wildman–Crippen MR) is 201 cm³/mol. The molecular weight excluding hydrogens is 675 g/mol. The second-order valence-corrected chi connectivity index (χ2v) is 18.4.